The van der Waals surface area contributed by atoms with Gasteiger partial charge in [0.25, 0.3) is 0 Å². The molecule has 2 saturated carbocycles. The van der Waals surface area contributed by atoms with E-state index in [0.717, 1.165) is 44.2 Å². The van der Waals surface area contributed by atoms with E-state index in [-0.39, 0.29) is 17.5 Å². The molecule has 0 radical (unpaired) electrons. The maximum absolute atomic E-state index is 12.9. The highest BCUT2D eigenvalue weighted by Crippen LogP contribution is 2.61. The van der Waals surface area contributed by atoms with Crippen LogP contribution < -0.4 is 0 Å². The second-order valence-electron chi connectivity index (χ2n) is 9.89. The predicted octanol–water partition coefficient (Wildman–Crippen LogP) is 5.28. The van der Waals surface area contributed by atoms with E-state index in [1.54, 1.807) is 0 Å². The molecule has 5 rings (SSSR count). The van der Waals surface area contributed by atoms with Crippen LogP contribution >= 0.6 is 0 Å². The normalized spacial score (nSPS) is 34.6. The quantitative estimate of drug-likeness (QED) is 0.692. The molecule has 4 nitrogen and oxygen atoms in total. The number of phenolic OH excluding ortho intramolecular Hbond substituents is 1. The van der Waals surface area contributed by atoms with Gasteiger partial charge in [0, 0.05) is 24.6 Å². The van der Waals surface area contributed by atoms with E-state index >= 15 is 0 Å². The Morgan fingerprint density at radius 1 is 1.27 bits per heavy atom. The molecule has 1 heterocycles. The van der Waals surface area contributed by atoms with Gasteiger partial charge in [-0.05, 0) is 92.7 Å². The Morgan fingerprint density at radius 3 is 2.97 bits per heavy atom. The summed E-state index contributed by atoms with van der Waals surface area (Å²) in [5.74, 6) is 2.12. The number of ether oxygens (including phenoxy) is 1. The van der Waals surface area contributed by atoms with Crippen molar-refractivity contribution in [3.05, 3.63) is 53.4 Å². The van der Waals surface area contributed by atoms with Crippen LogP contribution in [0.1, 0.15) is 69.4 Å². The minimum Gasteiger partial charge on any atom is -0.508 e. The number of hydrogen-bond donors (Lipinski definition) is 1. The number of aryl methyl sites for hydroxylation is 1. The molecule has 1 aliphatic heterocycles. The number of carbonyl (C=O) groups is 1. The zero-order valence-electron chi connectivity index (χ0n) is 18.1. The summed E-state index contributed by atoms with van der Waals surface area (Å²) in [5.41, 5.74) is 3.64. The van der Waals surface area contributed by atoms with Crippen LogP contribution in [0.5, 0.6) is 5.75 Å². The molecular weight excluding hydrogens is 374 g/mol. The standard InChI is InChI=1S/C26H33NO3/c1-3-27-14-4-5-18(16-27)25(29)30-24-11-10-23-22-8-6-17-15-19(28)7-9-20(17)21(22)12-13-26(23,24)2/h4,7,9,14-16,21-24,28H,3,5-6,8,10-13H2,1-2H3/t21-,22-,23+,24+,26+/m1/s1. The molecule has 5 atom stereocenters. The Morgan fingerprint density at radius 2 is 2.13 bits per heavy atom. The van der Waals surface area contributed by atoms with E-state index < -0.39 is 0 Å². The molecule has 1 N–H and O–H groups in total. The Hall–Kier alpha value is -2.23. The first-order valence-corrected chi connectivity index (χ1v) is 11.7. The molecule has 3 aliphatic carbocycles. The van der Waals surface area contributed by atoms with Crippen molar-refractivity contribution in [2.75, 3.05) is 6.54 Å². The largest absolute Gasteiger partial charge is 0.508 e. The summed E-state index contributed by atoms with van der Waals surface area (Å²) in [6.07, 6.45) is 13.3. The third-order valence-corrected chi connectivity index (χ3v) is 8.46. The molecule has 30 heavy (non-hydrogen) atoms. The van der Waals surface area contributed by atoms with E-state index in [0.29, 0.717) is 29.9 Å². The average Bonchev–Trinajstić information content (AvgIpc) is 3.09. The maximum atomic E-state index is 12.9. The van der Waals surface area contributed by atoms with Crippen molar-refractivity contribution in [3.8, 4) is 5.75 Å². The lowest BCUT2D eigenvalue weighted by Gasteiger charge is -2.50. The van der Waals surface area contributed by atoms with E-state index in [9.17, 15) is 9.90 Å². The van der Waals surface area contributed by atoms with Crippen molar-refractivity contribution in [3.63, 3.8) is 0 Å². The van der Waals surface area contributed by atoms with Crippen LogP contribution in [0.3, 0.4) is 0 Å². The van der Waals surface area contributed by atoms with Crippen molar-refractivity contribution in [1.29, 1.82) is 0 Å². The lowest BCUT2D eigenvalue weighted by Crippen LogP contribution is -2.45. The summed E-state index contributed by atoms with van der Waals surface area (Å²) in [6.45, 7) is 5.32. The molecule has 0 unspecified atom stereocenters. The first-order valence-electron chi connectivity index (χ1n) is 11.7. The van der Waals surface area contributed by atoms with Gasteiger partial charge >= 0.3 is 5.97 Å². The minimum atomic E-state index is -0.128. The third kappa shape index (κ3) is 3.16. The minimum absolute atomic E-state index is 0.0269. The van der Waals surface area contributed by atoms with E-state index in [2.05, 4.69) is 19.9 Å². The van der Waals surface area contributed by atoms with Gasteiger partial charge in [0.2, 0.25) is 0 Å². The molecule has 2 fully saturated rings. The summed E-state index contributed by atoms with van der Waals surface area (Å²) in [5, 5.41) is 9.87. The highest BCUT2D eigenvalue weighted by molar-refractivity contribution is 5.89. The monoisotopic (exact) mass is 407 g/mol. The number of carbonyl (C=O) groups excluding carboxylic acids is 1. The van der Waals surface area contributed by atoms with Crippen LogP contribution in [-0.4, -0.2) is 28.6 Å². The molecule has 4 heteroatoms. The van der Waals surface area contributed by atoms with Crippen LogP contribution in [0.15, 0.2) is 42.2 Å². The fourth-order valence-electron chi connectivity index (χ4n) is 6.86. The van der Waals surface area contributed by atoms with Crippen LogP contribution in [0.4, 0.5) is 0 Å². The van der Waals surface area contributed by atoms with Gasteiger partial charge in [-0.15, -0.1) is 0 Å². The van der Waals surface area contributed by atoms with Gasteiger partial charge in [-0.2, -0.15) is 0 Å². The van der Waals surface area contributed by atoms with Gasteiger partial charge in [0.15, 0.2) is 0 Å². The first kappa shape index (κ1) is 19.7. The van der Waals surface area contributed by atoms with Crippen molar-refractivity contribution in [2.24, 2.45) is 17.3 Å². The summed E-state index contributed by atoms with van der Waals surface area (Å²) in [6, 6.07) is 5.96. The molecule has 160 valence electrons. The van der Waals surface area contributed by atoms with E-state index in [1.807, 2.05) is 35.5 Å². The van der Waals surface area contributed by atoms with Gasteiger partial charge in [0.05, 0.1) is 5.57 Å². The summed E-state index contributed by atoms with van der Waals surface area (Å²) < 4.78 is 6.18. The lowest BCUT2D eigenvalue weighted by molar-refractivity contribution is -0.153. The molecule has 0 spiro atoms. The fourth-order valence-corrected chi connectivity index (χ4v) is 6.86. The second kappa shape index (κ2) is 7.47. The Kier molecular flexibility index (Phi) is 4.91. The summed E-state index contributed by atoms with van der Waals surface area (Å²) in [4.78, 5) is 15.0. The van der Waals surface area contributed by atoms with Crippen molar-refractivity contribution in [1.82, 2.24) is 4.90 Å². The van der Waals surface area contributed by atoms with Gasteiger partial charge in [-0.3, -0.25) is 0 Å². The summed E-state index contributed by atoms with van der Waals surface area (Å²) in [7, 11) is 0. The Bertz CT molecular complexity index is 904. The zero-order chi connectivity index (χ0) is 20.9. The predicted molar refractivity (Wildman–Crippen MR) is 117 cm³/mol. The molecular formula is C26H33NO3. The summed E-state index contributed by atoms with van der Waals surface area (Å²) >= 11 is 0. The lowest BCUT2D eigenvalue weighted by atomic mass is 9.55. The Labute approximate surface area is 179 Å². The molecule has 1 aromatic carbocycles. The molecule has 0 saturated heterocycles. The van der Waals surface area contributed by atoms with E-state index in [4.69, 9.17) is 4.74 Å². The molecule has 0 aromatic heterocycles. The van der Waals surface area contributed by atoms with Gasteiger partial charge < -0.3 is 14.7 Å². The molecule has 0 amide bonds. The smallest absolute Gasteiger partial charge is 0.336 e. The number of esters is 1. The molecule has 4 aliphatic rings. The number of benzene rings is 1. The number of fused-ring (bicyclic) bond motifs is 5. The zero-order valence-corrected chi connectivity index (χ0v) is 18.1. The van der Waals surface area contributed by atoms with Crippen LogP contribution in [0, 0.1) is 17.3 Å². The highest BCUT2D eigenvalue weighted by Gasteiger charge is 2.56. The maximum Gasteiger partial charge on any atom is 0.336 e. The van der Waals surface area contributed by atoms with Crippen LogP contribution in [-0.2, 0) is 16.0 Å². The van der Waals surface area contributed by atoms with Crippen LogP contribution in [0.25, 0.3) is 0 Å². The SMILES string of the molecule is CCN1C=CCC(C(=O)O[C@H]2CC[C@H]3[C@@H]4CCc5cc(O)ccc5[C@H]4CC[C@]23C)=C1. The molecule has 0 bridgehead atoms. The number of phenols is 1. The topological polar surface area (TPSA) is 49.8 Å². The van der Waals surface area contributed by atoms with Crippen LogP contribution in [0.2, 0.25) is 0 Å². The highest BCUT2D eigenvalue weighted by atomic mass is 16.5. The van der Waals surface area contributed by atoms with Crippen molar-refractivity contribution in [2.45, 2.75) is 70.8 Å². The van der Waals surface area contributed by atoms with Gasteiger partial charge in [-0.25, -0.2) is 4.79 Å². The van der Waals surface area contributed by atoms with Gasteiger partial charge in [-0.1, -0.05) is 19.1 Å². The third-order valence-electron chi connectivity index (χ3n) is 8.46. The number of nitrogens with zero attached hydrogens (tertiary/aromatic N) is 1. The number of aromatic hydroxyl groups is 1. The van der Waals surface area contributed by atoms with Crippen molar-refractivity contribution >= 4 is 5.97 Å². The number of hydrogen-bond acceptors (Lipinski definition) is 4. The number of allylic oxidation sites excluding steroid dienone is 1. The van der Waals surface area contributed by atoms with Crippen molar-refractivity contribution < 1.29 is 14.6 Å². The fraction of sp³-hybridized carbons (Fsp3) is 0.577. The number of rotatable bonds is 3. The van der Waals surface area contributed by atoms with Gasteiger partial charge in [0.1, 0.15) is 11.9 Å². The Balaban J connectivity index is 1.33. The molecule has 1 aromatic rings. The van der Waals surface area contributed by atoms with E-state index in [1.165, 1.54) is 17.5 Å². The first-order chi connectivity index (χ1) is 14.5. The second-order valence-corrected chi connectivity index (χ2v) is 9.89. The average molecular weight is 408 g/mol.